The molecule has 3 aromatic heterocycles. The summed E-state index contributed by atoms with van der Waals surface area (Å²) in [4.78, 5) is 29.0. The zero-order chi connectivity index (χ0) is 21.4. The quantitative estimate of drug-likeness (QED) is 0.533. The van der Waals surface area contributed by atoms with Crippen LogP contribution in [0.2, 0.25) is 0 Å². The van der Waals surface area contributed by atoms with Crippen LogP contribution in [0, 0.1) is 13.8 Å². The maximum Gasteiger partial charge on any atom is 0.281 e. The Bertz CT molecular complexity index is 1300. The zero-order valence-electron chi connectivity index (χ0n) is 17.3. The predicted molar refractivity (Wildman–Crippen MR) is 115 cm³/mol. The summed E-state index contributed by atoms with van der Waals surface area (Å²) in [5, 5.41) is 4.42. The van der Waals surface area contributed by atoms with E-state index in [2.05, 4.69) is 5.10 Å². The highest BCUT2D eigenvalue weighted by atomic mass is 16.1. The van der Waals surface area contributed by atoms with Gasteiger partial charge < -0.3 is 5.73 Å². The summed E-state index contributed by atoms with van der Waals surface area (Å²) < 4.78 is 5.34. The van der Waals surface area contributed by atoms with Crippen LogP contribution in [0.15, 0.2) is 47.4 Å². The second kappa shape index (κ2) is 7.62. The van der Waals surface area contributed by atoms with Crippen LogP contribution >= 0.6 is 0 Å². The predicted octanol–water partition coefficient (Wildman–Crippen LogP) is 2.47. The van der Waals surface area contributed by atoms with E-state index >= 15 is 0 Å². The number of para-hydroxylation sites is 1. The Hall–Kier alpha value is -3.68. The molecule has 0 saturated carbocycles. The van der Waals surface area contributed by atoms with Crippen molar-refractivity contribution < 1.29 is 4.79 Å². The second-order valence-corrected chi connectivity index (χ2v) is 7.43. The number of amides is 1. The number of aryl methyl sites for hydroxylation is 2. The number of fused-ring (bicyclic) bond motifs is 1. The molecule has 0 spiro atoms. The molecule has 2 N–H and O–H groups in total. The van der Waals surface area contributed by atoms with E-state index in [1.165, 1.54) is 0 Å². The molecular formula is C22H24N6O2. The van der Waals surface area contributed by atoms with Gasteiger partial charge in [-0.2, -0.15) is 5.10 Å². The van der Waals surface area contributed by atoms with Crippen LogP contribution in [-0.2, 0) is 18.4 Å². The molecule has 1 aromatic carbocycles. The lowest BCUT2D eigenvalue weighted by molar-refractivity contribution is -0.118. The molecule has 8 heteroatoms. The van der Waals surface area contributed by atoms with Crippen molar-refractivity contribution in [3.63, 3.8) is 0 Å². The number of nitrogens with zero attached hydrogens (tertiary/aromatic N) is 5. The number of carbonyl (C=O) groups excluding carboxylic acids is 1. The van der Waals surface area contributed by atoms with Gasteiger partial charge >= 0.3 is 0 Å². The average molecular weight is 404 g/mol. The molecule has 8 nitrogen and oxygen atoms in total. The van der Waals surface area contributed by atoms with Crippen molar-refractivity contribution in [3.8, 4) is 16.9 Å². The third kappa shape index (κ3) is 3.30. The van der Waals surface area contributed by atoms with Crippen LogP contribution in [0.5, 0.6) is 0 Å². The van der Waals surface area contributed by atoms with Gasteiger partial charge in [-0.15, -0.1) is 0 Å². The Labute approximate surface area is 173 Å². The normalized spacial score (nSPS) is 11.3. The van der Waals surface area contributed by atoms with Crippen molar-refractivity contribution in [1.29, 1.82) is 0 Å². The molecule has 0 atom stereocenters. The highest BCUT2D eigenvalue weighted by Crippen LogP contribution is 2.25. The molecule has 154 valence electrons. The number of benzene rings is 1. The van der Waals surface area contributed by atoms with E-state index in [1.807, 2.05) is 66.7 Å². The number of hydrogen-bond acceptors (Lipinski definition) is 4. The van der Waals surface area contributed by atoms with Gasteiger partial charge in [0.05, 0.1) is 28.7 Å². The van der Waals surface area contributed by atoms with Gasteiger partial charge in [-0.25, -0.2) is 9.67 Å². The van der Waals surface area contributed by atoms with Crippen LogP contribution in [-0.4, -0.2) is 30.0 Å². The summed E-state index contributed by atoms with van der Waals surface area (Å²) in [6.07, 6.45) is 2.63. The minimum absolute atomic E-state index is 0.110. The van der Waals surface area contributed by atoms with E-state index in [0.717, 1.165) is 28.0 Å². The zero-order valence-corrected chi connectivity index (χ0v) is 17.3. The highest BCUT2D eigenvalue weighted by Gasteiger charge is 2.20. The van der Waals surface area contributed by atoms with E-state index in [1.54, 1.807) is 10.9 Å². The molecule has 30 heavy (non-hydrogen) atoms. The van der Waals surface area contributed by atoms with Crippen LogP contribution < -0.4 is 11.3 Å². The van der Waals surface area contributed by atoms with Crippen molar-refractivity contribution in [1.82, 2.24) is 24.1 Å². The van der Waals surface area contributed by atoms with Gasteiger partial charge in [0, 0.05) is 25.7 Å². The molecular weight excluding hydrogens is 380 g/mol. The van der Waals surface area contributed by atoms with Crippen molar-refractivity contribution in [2.45, 2.75) is 33.2 Å². The first-order chi connectivity index (χ1) is 14.4. The van der Waals surface area contributed by atoms with E-state index in [-0.39, 0.29) is 11.5 Å². The lowest BCUT2D eigenvalue weighted by Gasteiger charge is -2.07. The molecule has 0 bridgehead atoms. The molecule has 3 heterocycles. The average Bonchev–Trinajstić information content (AvgIpc) is 3.21. The molecule has 0 radical (unpaired) electrons. The molecule has 0 saturated heterocycles. The first-order valence-corrected chi connectivity index (χ1v) is 9.84. The minimum Gasteiger partial charge on any atom is -0.370 e. The highest BCUT2D eigenvalue weighted by molar-refractivity contribution is 5.82. The van der Waals surface area contributed by atoms with Gasteiger partial charge in [-0.3, -0.25) is 19.0 Å². The maximum atomic E-state index is 13.3. The molecule has 0 unspecified atom stereocenters. The summed E-state index contributed by atoms with van der Waals surface area (Å²) in [6, 6.07) is 11.5. The second-order valence-electron chi connectivity index (χ2n) is 7.43. The standard InChI is InChI=1S/C22H24N6O2/c1-14-12-17(25-18-13-24-27(21(14)18)11-7-10-19(23)29)20-15(2)26(3)28(22(20)30)16-8-5-4-6-9-16/h4-6,8-9,12-13H,7,10-11H2,1-3H3,(H2,23,29). The van der Waals surface area contributed by atoms with E-state index in [4.69, 9.17) is 10.7 Å². The lowest BCUT2D eigenvalue weighted by atomic mass is 10.1. The summed E-state index contributed by atoms with van der Waals surface area (Å²) >= 11 is 0. The Kier molecular flexibility index (Phi) is 4.99. The van der Waals surface area contributed by atoms with Crippen molar-refractivity contribution in [2.75, 3.05) is 0 Å². The number of aromatic nitrogens is 5. The molecule has 1 amide bonds. The Balaban J connectivity index is 1.80. The Morgan fingerprint density at radius 3 is 2.60 bits per heavy atom. The molecule has 4 rings (SSSR count). The Morgan fingerprint density at radius 2 is 1.90 bits per heavy atom. The van der Waals surface area contributed by atoms with Gasteiger partial charge in [-0.1, -0.05) is 18.2 Å². The molecule has 4 aromatic rings. The number of hydrogen-bond donors (Lipinski definition) is 1. The first kappa shape index (κ1) is 19.6. The van der Waals surface area contributed by atoms with Crippen molar-refractivity contribution in [2.24, 2.45) is 12.8 Å². The van der Waals surface area contributed by atoms with E-state index in [9.17, 15) is 9.59 Å². The van der Waals surface area contributed by atoms with Crippen LogP contribution in [0.4, 0.5) is 0 Å². The number of nitrogens with two attached hydrogens (primary N) is 1. The smallest absolute Gasteiger partial charge is 0.281 e. The minimum atomic E-state index is -0.321. The van der Waals surface area contributed by atoms with Crippen LogP contribution in [0.3, 0.4) is 0 Å². The molecule has 0 fully saturated rings. The van der Waals surface area contributed by atoms with Gasteiger partial charge in [0.1, 0.15) is 5.52 Å². The Morgan fingerprint density at radius 1 is 1.17 bits per heavy atom. The SMILES string of the molecule is Cc1cc(-c2c(C)n(C)n(-c3ccccc3)c2=O)nc2cnn(CCCC(N)=O)c12. The fraction of sp³-hybridized carbons (Fsp3) is 0.273. The van der Waals surface area contributed by atoms with Gasteiger partial charge in [0.2, 0.25) is 5.91 Å². The fourth-order valence-electron chi connectivity index (χ4n) is 3.86. The number of pyridine rings is 1. The van der Waals surface area contributed by atoms with E-state index in [0.29, 0.717) is 30.6 Å². The summed E-state index contributed by atoms with van der Waals surface area (Å²) in [7, 11) is 1.87. The number of carbonyl (C=O) groups is 1. The summed E-state index contributed by atoms with van der Waals surface area (Å²) in [5.41, 5.74) is 10.6. The third-order valence-electron chi connectivity index (χ3n) is 5.39. The first-order valence-electron chi connectivity index (χ1n) is 9.84. The van der Waals surface area contributed by atoms with Crippen LogP contribution in [0.25, 0.3) is 28.0 Å². The fourth-order valence-corrected chi connectivity index (χ4v) is 3.86. The summed E-state index contributed by atoms with van der Waals surface area (Å²) in [6.45, 7) is 4.48. The topological polar surface area (TPSA) is 101 Å². The monoisotopic (exact) mass is 404 g/mol. The largest absolute Gasteiger partial charge is 0.370 e. The van der Waals surface area contributed by atoms with Gasteiger partial charge in [0.25, 0.3) is 5.56 Å². The van der Waals surface area contributed by atoms with Crippen molar-refractivity contribution in [3.05, 3.63) is 64.2 Å². The van der Waals surface area contributed by atoms with E-state index < -0.39 is 0 Å². The van der Waals surface area contributed by atoms with Crippen molar-refractivity contribution >= 4 is 16.9 Å². The lowest BCUT2D eigenvalue weighted by Crippen LogP contribution is -2.20. The maximum absolute atomic E-state index is 13.3. The van der Waals surface area contributed by atoms with Crippen LogP contribution in [0.1, 0.15) is 24.1 Å². The number of primary amides is 1. The molecule has 0 aliphatic rings. The van der Waals surface area contributed by atoms with Gasteiger partial charge in [0.15, 0.2) is 0 Å². The number of rotatable bonds is 6. The molecule has 0 aliphatic carbocycles. The van der Waals surface area contributed by atoms with Gasteiger partial charge in [-0.05, 0) is 44.0 Å². The summed E-state index contributed by atoms with van der Waals surface area (Å²) in [5.74, 6) is -0.321. The third-order valence-corrected chi connectivity index (χ3v) is 5.39. The molecule has 0 aliphatic heterocycles.